The average Bonchev–Trinajstić information content (AvgIpc) is 2.44. The summed E-state index contributed by atoms with van der Waals surface area (Å²) in [6, 6.07) is 7.74. The maximum atomic E-state index is 12.1. The summed E-state index contributed by atoms with van der Waals surface area (Å²) in [6.07, 6.45) is -0.210. The van der Waals surface area contributed by atoms with Gasteiger partial charge in [-0.1, -0.05) is 36.8 Å². The van der Waals surface area contributed by atoms with E-state index in [0.29, 0.717) is 26.1 Å². The van der Waals surface area contributed by atoms with Crippen LogP contribution in [0.5, 0.6) is 0 Å². The SMILES string of the molecule is CCN(CC(O)c1ccc(C)cc1)C(=O)CC(C)CN. The first-order chi connectivity index (χ1) is 9.47. The third kappa shape index (κ3) is 4.94. The Labute approximate surface area is 121 Å². The van der Waals surface area contributed by atoms with Crippen LogP contribution >= 0.6 is 0 Å². The van der Waals surface area contributed by atoms with Gasteiger partial charge in [-0.25, -0.2) is 0 Å². The molecular weight excluding hydrogens is 252 g/mol. The Morgan fingerprint density at radius 1 is 1.35 bits per heavy atom. The molecule has 0 saturated carbocycles. The van der Waals surface area contributed by atoms with Crippen LogP contribution in [-0.4, -0.2) is 35.5 Å². The van der Waals surface area contributed by atoms with Gasteiger partial charge in [0.2, 0.25) is 5.91 Å². The van der Waals surface area contributed by atoms with E-state index in [4.69, 9.17) is 5.73 Å². The third-order valence-corrected chi connectivity index (χ3v) is 3.52. The van der Waals surface area contributed by atoms with Gasteiger partial charge in [-0.2, -0.15) is 0 Å². The van der Waals surface area contributed by atoms with Gasteiger partial charge in [0.05, 0.1) is 12.6 Å². The summed E-state index contributed by atoms with van der Waals surface area (Å²) in [7, 11) is 0. The highest BCUT2D eigenvalue weighted by atomic mass is 16.3. The number of nitrogens with two attached hydrogens (primary N) is 1. The summed E-state index contributed by atoms with van der Waals surface area (Å²) in [5.41, 5.74) is 7.54. The topological polar surface area (TPSA) is 66.6 Å². The molecule has 0 aliphatic rings. The van der Waals surface area contributed by atoms with Crippen LogP contribution in [0.15, 0.2) is 24.3 Å². The molecule has 0 radical (unpaired) electrons. The quantitative estimate of drug-likeness (QED) is 0.800. The van der Waals surface area contributed by atoms with E-state index in [1.165, 1.54) is 0 Å². The Bertz CT molecular complexity index is 417. The lowest BCUT2D eigenvalue weighted by Crippen LogP contribution is -2.36. The van der Waals surface area contributed by atoms with Crippen molar-refractivity contribution in [3.8, 4) is 0 Å². The fraction of sp³-hybridized carbons (Fsp3) is 0.562. The summed E-state index contributed by atoms with van der Waals surface area (Å²) in [5, 5.41) is 10.2. The van der Waals surface area contributed by atoms with Gasteiger partial charge in [0.15, 0.2) is 0 Å². The van der Waals surface area contributed by atoms with Gasteiger partial charge >= 0.3 is 0 Å². The van der Waals surface area contributed by atoms with Crippen LogP contribution in [0.25, 0.3) is 0 Å². The van der Waals surface area contributed by atoms with Crippen LogP contribution in [0.4, 0.5) is 0 Å². The number of aryl methyl sites for hydroxylation is 1. The first-order valence-electron chi connectivity index (χ1n) is 7.20. The first kappa shape index (κ1) is 16.7. The molecule has 0 aliphatic heterocycles. The Kier molecular flexibility index (Phi) is 6.68. The number of nitrogens with zero attached hydrogens (tertiary/aromatic N) is 1. The van der Waals surface area contributed by atoms with Gasteiger partial charge in [0, 0.05) is 13.0 Å². The fourth-order valence-corrected chi connectivity index (χ4v) is 2.02. The minimum Gasteiger partial charge on any atom is -0.387 e. The Morgan fingerprint density at radius 2 is 1.95 bits per heavy atom. The number of hydrogen-bond acceptors (Lipinski definition) is 3. The van der Waals surface area contributed by atoms with Crippen LogP contribution < -0.4 is 5.73 Å². The molecule has 2 atom stereocenters. The lowest BCUT2D eigenvalue weighted by Gasteiger charge is -2.25. The molecule has 1 amide bonds. The Balaban J connectivity index is 2.63. The predicted molar refractivity (Wildman–Crippen MR) is 81.2 cm³/mol. The maximum Gasteiger partial charge on any atom is 0.222 e. The van der Waals surface area contributed by atoms with Crippen LogP contribution in [-0.2, 0) is 4.79 Å². The maximum absolute atomic E-state index is 12.1. The highest BCUT2D eigenvalue weighted by Crippen LogP contribution is 2.16. The summed E-state index contributed by atoms with van der Waals surface area (Å²) in [5.74, 6) is 0.227. The molecule has 0 aliphatic carbocycles. The molecule has 1 aromatic rings. The van der Waals surface area contributed by atoms with Crippen molar-refractivity contribution in [1.29, 1.82) is 0 Å². The van der Waals surface area contributed by atoms with Crippen LogP contribution in [0.1, 0.15) is 37.5 Å². The van der Waals surface area contributed by atoms with E-state index in [0.717, 1.165) is 11.1 Å². The van der Waals surface area contributed by atoms with E-state index in [1.807, 2.05) is 45.0 Å². The smallest absolute Gasteiger partial charge is 0.222 e. The number of carbonyl (C=O) groups is 1. The third-order valence-electron chi connectivity index (χ3n) is 3.52. The highest BCUT2D eigenvalue weighted by molar-refractivity contribution is 5.76. The van der Waals surface area contributed by atoms with E-state index in [2.05, 4.69) is 0 Å². The molecule has 0 bridgehead atoms. The van der Waals surface area contributed by atoms with Crippen LogP contribution in [0.2, 0.25) is 0 Å². The van der Waals surface area contributed by atoms with Crippen LogP contribution in [0.3, 0.4) is 0 Å². The number of carbonyl (C=O) groups excluding carboxylic acids is 1. The standard InChI is InChI=1S/C16H26N2O2/c1-4-18(16(20)9-13(3)10-17)11-15(19)14-7-5-12(2)6-8-14/h5-8,13,15,19H,4,9-11,17H2,1-3H3. The molecular formula is C16H26N2O2. The zero-order valence-electron chi connectivity index (χ0n) is 12.7. The van der Waals surface area contributed by atoms with Gasteiger partial charge in [-0.3, -0.25) is 4.79 Å². The van der Waals surface area contributed by atoms with E-state index < -0.39 is 6.10 Å². The summed E-state index contributed by atoms with van der Waals surface area (Å²) >= 11 is 0. The Hall–Kier alpha value is -1.39. The van der Waals surface area contributed by atoms with E-state index in [1.54, 1.807) is 4.90 Å². The van der Waals surface area contributed by atoms with Gasteiger partial charge in [-0.15, -0.1) is 0 Å². The van der Waals surface area contributed by atoms with Gasteiger partial charge in [0.1, 0.15) is 0 Å². The normalized spacial score (nSPS) is 13.8. The minimum atomic E-state index is -0.646. The molecule has 4 nitrogen and oxygen atoms in total. The molecule has 1 rings (SSSR count). The van der Waals surface area contributed by atoms with Crippen molar-refractivity contribution in [1.82, 2.24) is 4.90 Å². The molecule has 3 N–H and O–H groups in total. The van der Waals surface area contributed by atoms with Gasteiger partial charge < -0.3 is 15.7 Å². The first-order valence-corrected chi connectivity index (χ1v) is 7.20. The minimum absolute atomic E-state index is 0.0524. The van der Waals surface area contributed by atoms with Crippen molar-refractivity contribution in [3.05, 3.63) is 35.4 Å². The molecule has 112 valence electrons. The number of aliphatic hydroxyl groups is 1. The number of benzene rings is 1. The van der Waals surface area contributed by atoms with E-state index in [-0.39, 0.29) is 11.8 Å². The second kappa shape index (κ2) is 8.02. The van der Waals surface area contributed by atoms with E-state index in [9.17, 15) is 9.90 Å². The summed E-state index contributed by atoms with van der Waals surface area (Å²) in [6.45, 7) is 7.32. The second-order valence-corrected chi connectivity index (χ2v) is 5.40. The van der Waals surface area contributed by atoms with Crippen molar-refractivity contribution in [3.63, 3.8) is 0 Å². The zero-order chi connectivity index (χ0) is 15.1. The predicted octanol–water partition coefficient (Wildman–Crippen LogP) is 1.86. The van der Waals surface area contributed by atoms with Crippen molar-refractivity contribution >= 4 is 5.91 Å². The number of likely N-dealkylation sites (N-methyl/N-ethyl adjacent to an activating group) is 1. The van der Waals surface area contributed by atoms with Crippen molar-refractivity contribution < 1.29 is 9.90 Å². The lowest BCUT2D eigenvalue weighted by molar-refractivity contribution is -0.133. The number of amides is 1. The molecule has 4 heteroatoms. The molecule has 0 heterocycles. The number of rotatable bonds is 7. The van der Waals surface area contributed by atoms with Crippen LogP contribution in [0, 0.1) is 12.8 Å². The lowest BCUT2D eigenvalue weighted by atomic mass is 10.1. The van der Waals surface area contributed by atoms with Crippen molar-refractivity contribution in [2.45, 2.75) is 33.3 Å². The molecule has 0 saturated heterocycles. The Morgan fingerprint density at radius 3 is 2.45 bits per heavy atom. The monoisotopic (exact) mass is 278 g/mol. The number of hydrogen-bond donors (Lipinski definition) is 2. The summed E-state index contributed by atoms with van der Waals surface area (Å²) in [4.78, 5) is 13.8. The van der Waals surface area contributed by atoms with E-state index >= 15 is 0 Å². The number of aliphatic hydroxyl groups excluding tert-OH is 1. The second-order valence-electron chi connectivity index (χ2n) is 5.40. The highest BCUT2D eigenvalue weighted by Gasteiger charge is 2.18. The molecule has 0 fully saturated rings. The molecule has 0 aromatic heterocycles. The largest absolute Gasteiger partial charge is 0.387 e. The summed E-state index contributed by atoms with van der Waals surface area (Å²) < 4.78 is 0. The van der Waals surface area contributed by atoms with Gasteiger partial charge in [-0.05, 0) is 31.9 Å². The zero-order valence-corrected chi connectivity index (χ0v) is 12.7. The fourth-order valence-electron chi connectivity index (χ4n) is 2.02. The molecule has 1 aromatic carbocycles. The molecule has 2 unspecified atom stereocenters. The molecule has 0 spiro atoms. The average molecular weight is 278 g/mol. The molecule has 20 heavy (non-hydrogen) atoms. The van der Waals surface area contributed by atoms with Gasteiger partial charge in [0.25, 0.3) is 0 Å². The van der Waals surface area contributed by atoms with Crippen molar-refractivity contribution in [2.75, 3.05) is 19.6 Å². The van der Waals surface area contributed by atoms with Crippen molar-refractivity contribution in [2.24, 2.45) is 11.7 Å².